The second-order valence-electron chi connectivity index (χ2n) is 6.18. The molecule has 26 heavy (non-hydrogen) atoms. The molecule has 132 valence electrons. The van der Waals surface area contributed by atoms with Crippen molar-refractivity contribution in [2.45, 2.75) is 22.8 Å². The molecule has 0 radical (unpaired) electrons. The van der Waals surface area contributed by atoms with Crippen LogP contribution in [0.2, 0.25) is 0 Å². The molecule has 2 aliphatic rings. The molecular weight excluding hydrogens is 354 g/mol. The van der Waals surface area contributed by atoms with Crippen molar-refractivity contribution < 1.29 is 14.3 Å². The SMILES string of the molecule is Nc1ncnc2c1ncn2[C@@H]1O[C@H](COC(=O)c2ccccc2)C2SC21. The zero-order valence-electron chi connectivity index (χ0n) is 13.6. The molecule has 3 aromatic rings. The molecule has 0 aliphatic carbocycles. The minimum Gasteiger partial charge on any atom is -0.459 e. The first-order valence-corrected chi connectivity index (χ1v) is 9.13. The van der Waals surface area contributed by atoms with Crippen LogP contribution in [-0.2, 0) is 9.47 Å². The molecule has 0 bridgehead atoms. The number of anilines is 1. The molecule has 2 saturated heterocycles. The highest BCUT2D eigenvalue weighted by Gasteiger charge is 2.58. The molecule has 4 heterocycles. The highest BCUT2D eigenvalue weighted by Crippen LogP contribution is 2.57. The normalized spacial score (nSPS) is 26.6. The van der Waals surface area contributed by atoms with Gasteiger partial charge in [-0.15, -0.1) is 11.8 Å². The average Bonchev–Trinajstić information content (AvgIpc) is 3.20. The number of carbonyl (C=O) groups excluding carboxylic acids is 1. The van der Waals surface area contributed by atoms with Gasteiger partial charge in [0, 0.05) is 0 Å². The maximum atomic E-state index is 12.1. The Kier molecular flexibility index (Phi) is 3.57. The number of imidazole rings is 1. The van der Waals surface area contributed by atoms with Crippen LogP contribution < -0.4 is 5.73 Å². The van der Waals surface area contributed by atoms with Crippen LogP contribution in [0.15, 0.2) is 43.0 Å². The predicted molar refractivity (Wildman–Crippen MR) is 95.5 cm³/mol. The van der Waals surface area contributed by atoms with E-state index in [4.69, 9.17) is 15.2 Å². The molecule has 2 N–H and O–H groups in total. The van der Waals surface area contributed by atoms with Gasteiger partial charge >= 0.3 is 5.97 Å². The number of hydrogen-bond acceptors (Lipinski definition) is 8. The molecule has 5 rings (SSSR count). The summed E-state index contributed by atoms with van der Waals surface area (Å²) in [5.41, 5.74) is 7.60. The molecule has 9 heteroatoms. The number of esters is 1. The first kappa shape index (κ1) is 15.6. The Hall–Kier alpha value is -2.65. The molecule has 0 spiro atoms. The fourth-order valence-corrected chi connectivity index (χ4v) is 4.46. The molecule has 2 unspecified atom stereocenters. The summed E-state index contributed by atoms with van der Waals surface area (Å²) in [4.78, 5) is 24.6. The zero-order valence-corrected chi connectivity index (χ0v) is 14.4. The van der Waals surface area contributed by atoms with Gasteiger partial charge in [0.25, 0.3) is 0 Å². The number of carbonyl (C=O) groups is 1. The van der Waals surface area contributed by atoms with Crippen molar-refractivity contribution in [1.82, 2.24) is 19.5 Å². The number of hydrogen-bond donors (Lipinski definition) is 1. The largest absolute Gasteiger partial charge is 0.459 e. The Morgan fingerprint density at radius 3 is 2.92 bits per heavy atom. The lowest BCUT2D eigenvalue weighted by Crippen LogP contribution is -2.24. The van der Waals surface area contributed by atoms with E-state index in [0.717, 1.165) is 0 Å². The number of nitrogens with two attached hydrogens (primary N) is 1. The van der Waals surface area contributed by atoms with Gasteiger partial charge in [0.2, 0.25) is 0 Å². The van der Waals surface area contributed by atoms with Crippen LogP contribution in [0, 0.1) is 0 Å². The summed E-state index contributed by atoms with van der Waals surface area (Å²) in [5, 5.41) is 0.601. The van der Waals surface area contributed by atoms with E-state index in [1.807, 2.05) is 34.5 Å². The predicted octanol–water partition coefficient (Wildman–Crippen LogP) is 1.65. The summed E-state index contributed by atoms with van der Waals surface area (Å²) in [7, 11) is 0. The minimum atomic E-state index is -0.339. The van der Waals surface area contributed by atoms with Gasteiger partial charge in [-0.1, -0.05) is 18.2 Å². The van der Waals surface area contributed by atoms with Gasteiger partial charge in [0.05, 0.1) is 22.4 Å². The van der Waals surface area contributed by atoms with Crippen molar-refractivity contribution in [3.05, 3.63) is 48.5 Å². The van der Waals surface area contributed by atoms with Gasteiger partial charge < -0.3 is 15.2 Å². The Morgan fingerprint density at radius 2 is 2.08 bits per heavy atom. The number of aromatic nitrogens is 4. The summed E-state index contributed by atoms with van der Waals surface area (Å²) >= 11 is 1.81. The Bertz CT molecular complexity index is 979. The maximum absolute atomic E-state index is 12.1. The van der Waals surface area contributed by atoms with E-state index in [2.05, 4.69) is 15.0 Å². The summed E-state index contributed by atoms with van der Waals surface area (Å²) in [6, 6.07) is 8.94. The van der Waals surface area contributed by atoms with Crippen LogP contribution >= 0.6 is 11.8 Å². The standard InChI is InChI=1S/C17H15N5O3S/c18-14-11-15(20-7-19-14)22(8-21-11)16-13-12(26-13)10(25-16)6-24-17(23)9-4-2-1-3-5-9/h1-5,7-8,10,12-13,16H,6H2,(H2,18,19,20)/t10-,12?,13?,16-/m1/s1. The van der Waals surface area contributed by atoms with Crippen LogP contribution in [0.3, 0.4) is 0 Å². The van der Waals surface area contributed by atoms with Crippen LogP contribution in [-0.4, -0.2) is 48.7 Å². The third-order valence-corrected chi connectivity index (χ3v) is 6.01. The molecule has 8 nitrogen and oxygen atoms in total. The van der Waals surface area contributed by atoms with Gasteiger partial charge in [0.1, 0.15) is 30.8 Å². The van der Waals surface area contributed by atoms with Crippen molar-refractivity contribution in [2.75, 3.05) is 12.3 Å². The fourth-order valence-electron chi connectivity index (χ4n) is 3.23. The van der Waals surface area contributed by atoms with E-state index in [-0.39, 0.29) is 24.9 Å². The second-order valence-corrected chi connectivity index (χ2v) is 7.54. The number of benzene rings is 1. The first-order valence-electron chi connectivity index (χ1n) is 8.18. The van der Waals surface area contributed by atoms with E-state index in [0.29, 0.717) is 33.0 Å². The maximum Gasteiger partial charge on any atom is 0.338 e. The molecule has 2 fully saturated rings. The summed E-state index contributed by atoms with van der Waals surface area (Å²) in [6.45, 7) is 0.224. The van der Waals surface area contributed by atoms with Gasteiger partial charge in [-0.3, -0.25) is 4.57 Å². The lowest BCUT2D eigenvalue weighted by atomic mass is 10.2. The lowest BCUT2D eigenvalue weighted by Gasteiger charge is -2.19. The van der Waals surface area contributed by atoms with Crippen molar-refractivity contribution in [2.24, 2.45) is 0 Å². The molecule has 1 aromatic carbocycles. The van der Waals surface area contributed by atoms with Crippen molar-refractivity contribution in [3.8, 4) is 0 Å². The van der Waals surface area contributed by atoms with Crippen LogP contribution in [0.5, 0.6) is 0 Å². The Labute approximate surface area is 152 Å². The van der Waals surface area contributed by atoms with E-state index in [1.165, 1.54) is 6.33 Å². The third-order valence-electron chi connectivity index (χ3n) is 4.57. The van der Waals surface area contributed by atoms with Gasteiger partial charge in [-0.05, 0) is 12.1 Å². The third kappa shape index (κ3) is 2.51. The highest BCUT2D eigenvalue weighted by molar-refractivity contribution is 8.07. The number of ether oxygens (including phenoxy) is 2. The quantitative estimate of drug-likeness (QED) is 0.547. The molecule has 0 saturated carbocycles. The topological polar surface area (TPSA) is 105 Å². The molecule has 0 amide bonds. The second kappa shape index (κ2) is 5.96. The van der Waals surface area contributed by atoms with Crippen LogP contribution in [0.25, 0.3) is 11.2 Å². The molecule has 2 aromatic heterocycles. The lowest BCUT2D eigenvalue weighted by molar-refractivity contribution is -0.0316. The zero-order chi connectivity index (χ0) is 17.7. The molecule has 2 aliphatic heterocycles. The summed E-state index contributed by atoms with van der Waals surface area (Å²) < 4.78 is 13.4. The van der Waals surface area contributed by atoms with E-state index in [1.54, 1.807) is 18.5 Å². The highest BCUT2D eigenvalue weighted by atomic mass is 32.2. The minimum absolute atomic E-state index is 0.153. The smallest absolute Gasteiger partial charge is 0.338 e. The van der Waals surface area contributed by atoms with Crippen LogP contribution in [0.4, 0.5) is 5.82 Å². The van der Waals surface area contributed by atoms with Crippen molar-refractivity contribution in [1.29, 1.82) is 0 Å². The fraction of sp³-hybridized carbons (Fsp3) is 0.294. The van der Waals surface area contributed by atoms with E-state index in [9.17, 15) is 4.79 Å². The van der Waals surface area contributed by atoms with Crippen LogP contribution in [0.1, 0.15) is 16.6 Å². The first-order chi connectivity index (χ1) is 12.7. The van der Waals surface area contributed by atoms with Gasteiger partial charge in [-0.2, -0.15) is 0 Å². The average molecular weight is 369 g/mol. The summed E-state index contributed by atoms with van der Waals surface area (Å²) in [6.07, 6.45) is 2.74. The van der Waals surface area contributed by atoms with Crippen molar-refractivity contribution in [3.63, 3.8) is 0 Å². The van der Waals surface area contributed by atoms with E-state index >= 15 is 0 Å². The Morgan fingerprint density at radius 1 is 1.23 bits per heavy atom. The molecular formula is C17H15N5O3S. The van der Waals surface area contributed by atoms with Gasteiger partial charge in [0.15, 0.2) is 11.5 Å². The summed E-state index contributed by atoms with van der Waals surface area (Å²) in [5.74, 6) is 0.00790. The number of nitrogen functional groups attached to an aromatic ring is 1. The number of rotatable bonds is 4. The molecule has 4 atom stereocenters. The number of thioether (sulfide) groups is 1. The Balaban J connectivity index is 1.30. The van der Waals surface area contributed by atoms with Gasteiger partial charge in [-0.25, -0.2) is 19.7 Å². The number of fused-ring (bicyclic) bond motifs is 2. The monoisotopic (exact) mass is 369 g/mol. The number of nitrogens with zero attached hydrogens (tertiary/aromatic N) is 4. The van der Waals surface area contributed by atoms with Crippen molar-refractivity contribution >= 4 is 34.7 Å². The van der Waals surface area contributed by atoms with E-state index < -0.39 is 0 Å².